The van der Waals surface area contributed by atoms with Crippen LogP contribution in [0.5, 0.6) is 0 Å². The molecular formula is C19H27BrN4O3. The molecule has 0 radical (unpaired) electrons. The fourth-order valence-electron chi connectivity index (χ4n) is 2.69. The first-order chi connectivity index (χ1) is 12.8. The number of benzene rings is 1. The molecule has 2 aromatic rings. The number of nitrogens with one attached hydrogen (secondary N) is 1. The number of carbonyl (C=O) groups is 1. The molecule has 7 nitrogen and oxygen atoms in total. The van der Waals surface area contributed by atoms with Gasteiger partial charge in [-0.2, -0.15) is 5.10 Å². The molecule has 148 valence electrons. The van der Waals surface area contributed by atoms with Gasteiger partial charge in [-0.25, -0.2) is 4.68 Å². The molecule has 1 fully saturated rings. The van der Waals surface area contributed by atoms with Crippen molar-refractivity contribution in [3.63, 3.8) is 0 Å². The third kappa shape index (κ3) is 5.85. The smallest absolute Gasteiger partial charge is 0.275 e. The Balaban J connectivity index is 0.000000313. The Morgan fingerprint density at radius 3 is 2.48 bits per heavy atom. The number of hydrogen-bond donors (Lipinski definition) is 1. The van der Waals surface area contributed by atoms with Crippen molar-refractivity contribution < 1.29 is 9.53 Å². The molecule has 1 aromatic heterocycles. The Morgan fingerprint density at radius 2 is 1.96 bits per heavy atom. The minimum Gasteiger partial charge on any atom is -0.379 e. The van der Waals surface area contributed by atoms with E-state index in [-0.39, 0.29) is 23.9 Å². The lowest BCUT2D eigenvalue weighted by Crippen LogP contribution is -2.32. The van der Waals surface area contributed by atoms with Gasteiger partial charge in [-0.05, 0) is 31.2 Å². The van der Waals surface area contributed by atoms with E-state index in [0.717, 1.165) is 41.9 Å². The number of fused-ring (bicyclic) bond motifs is 1. The molecule has 0 atom stereocenters. The van der Waals surface area contributed by atoms with Crippen LogP contribution >= 0.6 is 15.9 Å². The molecule has 0 unspecified atom stereocenters. The van der Waals surface area contributed by atoms with E-state index in [1.807, 2.05) is 26.0 Å². The first kappa shape index (κ1) is 21.5. The van der Waals surface area contributed by atoms with Crippen LogP contribution in [0, 0.1) is 0 Å². The molecule has 2 heterocycles. The number of hydrogen-bond acceptors (Lipinski definition) is 5. The van der Waals surface area contributed by atoms with Gasteiger partial charge in [0.1, 0.15) is 6.54 Å². The topological polar surface area (TPSA) is 76.5 Å². The maximum Gasteiger partial charge on any atom is 0.275 e. The van der Waals surface area contributed by atoms with E-state index in [4.69, 9.17) is 4.74 Å². The van der Waals surface area contributed by atoms with Gasteiger partial charge in [-0.1, -0.05) is 29.8 Å². The molecule has 27 heavy (non-hydrogen) atoms. The van der Waals surface area contributed by atoms with Crippen LogP contribution in [0.15, 0.2) is 27.5 Å². The van der Waals surface area contributed by atoms with Crippen LogP contribution in [0.25, 0.3) is 10.8 Å². The maximum atomic E-state index is 12.4. The molecule has 0 spiro atoms. The van der Waals surface area contributed by atoms with E-state index in [0.29, 0.717) is 5.39 Å². The van der Waals surface area contributed by atoms with Crippen molar-refractivity contribution in [1.29, 1.82) is 0 Å². The molecule has 1 aliphatic rings. The summed E-state index contributed by atoms with van der Waals surface area (Å²) in [6.07, 6.45) is 0. The van der Waals surface area contributed by atoms with Gasteiger partial charge in [-0.3, -0.25) is 9.59 Å². The van der Waals surface area contributed by atoms with Gasteiger partial charge in [0, 0.05) is 30.0 Å². The number of rotatable bonds is 3. The van der Waals surface area contributed by atoms with Crippen LogP contribution in [0.3, 0.4) is 0 Å². The second-order valence-electron chi connectivity index (χ2n) is 6.78. The second kappa shape index (κ2) is 9.96. The van der Waals surface area contributed by atoms with E-state index in [1.54, 1.807) is 6.07 Å². The Morgan fingerprint density at radius 1 is 1.30 bits per heavy atom. The number of carbonyl (C=O) groups excluding carboxylic acids is 1. The summed E-state index contributed by atoms with van der Waals surface area (Å²) < 4.78 is 7.22. The number of likely N-dealkylation sites (N-methyl/N-ethyl adjacent to an activating group) is 2. The Hall–Kier alpha value is -1.77. The first-order valence-corrected chi connectivity index (χ1v) is 9.80. The van der Waals surface area contributed by atoms with Gasteiger partial charge in [-0.15, -0.1) is 0 Å². The third-order valence-corrected chi connectivity index (χ3v) is 4.80. The van der Waals surface area contributed by atoms with Crippen LogP contribution in [0.1, 0.15) is 25.5 Å². The average molecular weight is 439 g/mol. The Kier molecular flexibility index (Phi) is 7.94. The zero-order chi connectivity index (χ0) is 20.0. The van der Waals surface area contributed by atoms with Crippen molar-refractivity contribution in [1.82, 2.24) is 20.0 Å². The van der Waals surface area contributed by atoms with Gasteiger partial charge in [0.2, 0.25) is 5.91 Å². The van der Waals surface area contributed by atoms with Crippen molar-refractivity contribution in [2.75, 3.05) is 40.4 Å². The number of morpholine rings is 1. The van der Waals surface area contributed by atoms with Crippen LogP contribution in [-0.4, -0.2) is 61.0 Å². The third-order valence-electron chi connectivity index (χ3n) is 4.30. The molecule has 0 bridgehead atoms. The summed E-state index contributed by atoms with van der Waals surface area (Å²) in [5, 5.41) is 8.26. The van der Waals surface area contributed by atoms with Gasteiger partial charge in [0.15, 0.2) is 0 Å². The summed E-state index contributed by atoms with van der Waals surface area (Å²) in [5.74, 6) is -0.0888. The van der Waals surface area contributed by atoms with Gasteiger partial charge in [0.05, 0.1) is 24.3 Å². The highest BCUT2D eigenvalue weighted by Crippen LogP contribution is 2.24. The van der Waals surface area contributed by atoms with E-state index in [2.05, 4.69) is 38.3 Å². The minimum atomic E-state index is -0.250. The standard InChI is InChI=1S/C14H16BrN3O2.C5H11NO/c1-8(2)13-11-6-9(15)4-5-10(11)14(20)18(17-13)7-12(19)16-3;1-6-2-4-7-5-3-6/h4-6,8H,7H2,1-3H3,(H,16,19);2-5H2,1H3. The Labute approximate surface area is 167 Å². The van der Waals surface area contributed by atoms with Crippen LogP contribution in [-0.2, 0) is 16.1 Å². The molecule has 1 aliphatic heterocycles. The SMILES string of the molecule is CN1CCOCC1.CNC(=O)Cn1nc(C(C)C)c2cc(Br)ccc2c1=O. The summed E-state index contributed by atoms with van der Waals surface area (Å²) in [7, 11) is 3.65. The number of aromatic nitrogens is 2. The molecule has 1 saturated heterocycles. The first-order valence-electron chi connectivity index (χ1n) is 9.00. The lowest BCUT2D eigenvalue weighted by molar-refractivity contribution is -0.121. The van der Waals surface area contributed by atoms with Gasteiger partial charge < -0.3 is 15.0 Å². The minimum absolute atomic E-state index is 0.0684. The summed E-state index contributed by atoms with van der Waals surface area (Å²) in [5.41, 5.74) is 0.560. The Bertz CT molecular complexity index is 845. The quantitative estimate of drug-likeness (QED) is 0.792. The summed E-state index contributed by atoms with van der Waals surface area (Å²) >= 11 is 3.41. The fraction of sp³-hybridized carbons (Fsp3) is 0.526. The van der Waals surface area contributed by atoms with E-state index in [1.165, 1.54) is 11.7 Å². The summed E-state index contributed by atoms with van der Waals surface area (Å²) in [6, 6.07) is 5.47. The van der Waals surface area contributed by atoms with Gasteiger partial charge >= 0.3 is 0 Å². The second-order valence-corrected chi connectivity index (χ2v) is 7.70. The monoisotopic (exact) mass is 438 g/mol. The predicted octanol–water partition coefficient (Wildman–Crippen LogP) is 1.98. The van der Waals surface area contributed by atoms with Crippen LogP contribution in [0.4, 0.5) is 0 Å². The van der Waals surface area contributed by atoms with Crippen molar-refractivity contribution in [2.45, 2.75) is 26.3 Å². The van der Waals surface area contributed by atoms with E-state index < -0.39 is 0 Å². The van der Waals surface area contributed by atoms with Gasteiger partial charge in [0.25, 0.3) is 5.56 Å². The number of amides is 1. The van der Waals surface area contributed by atoms with Crippen LogP contribution in [0.2, 0.25) is 0 Å². The van der Waals surface area contributed by atoms with E-state index >= 15 is 0 Å². The highest BCUT2D eigenvalue weighted by atomic mass is 79.9. The number of halogens is 1. The summed E-state index contributed by atoms with van der Waals surface area (Å²) in [6.45, 7) is 7.98. The normalized spacial score (nSPS) is 14.7. The highest BCUT2D eigenvalue weighted by Gasteiger charge is 2.15. The molecule has 8 heteroatoms. The van der Waals surface area contributed by atoms with Crippen molar-refractivity contribution in [3.05, 3.63) is 38.7 Å². The molecule has 3 rings (SSSR count). The predicted molar refractivity (Wildman–Crippen MR) is 110 cm³/mol. The molecule has 1 N–H and O–H groups in total. The number of nitrogens with zero attached hydrogens (tertiary/aromatic N) is 3. The molecule has 1 aromatic carbocycles. The maximum absolute atomic E-state index is 12.4. The van der Waals surface area contributed by atoms with Crippen molar-refractivity contribution in [2.24, 2.45) is 0 Å². The lowest BCUT2D eigenvalue weighted by Gasteiger charge is -2.21. The van der Waals surface area contributed by atoms with Crippen molar-refractivity contribution in [3.8, 4) is 0 Å². The molecular weight excluding hydrogens is 412 g/mol. The highest BCUT2D eigenvalue weighted by molar-refractivity contribution is 9.10. The average Bonchev–Trinajstić information content (AvgIpc) is 2.64. The zero-order valence-corrected chi connectivity index (χ0v) is 17.9. The fourth-order valence-corrected chi connectivity index (χ4v) is 3.05. The molecule has 0 saturated carbocycles. The van der Waals surface area contributed by atoms with Crippen LogP contribution < -0.4 is 10.9 Å². The largest absolute Gasteiger partial charge is 0.379 e. The summed E-state index contributed by atoms with van der Waals surface area (Å²) in [4.78, 5) is 26.1. The molecule has 0 aliphatic carbocycles. The van der Waals surface area contributed by atoms with Crippen molar-refractivity contribution >= 4 is 32.6 Å². The zero-order valence-electron chi connectivity index (χ0n) is 16.3. The number of ether oxygens (including phenoxy) is 1. The lowest BCUT2D eigenvalue weighted by atomic mass is 10.0. The molecule has 1 amide bonds. The van der Waals surface area contributed by atoms with E-state index in [9.17, 15) is 9.59 Å².